The lowest BCUT2D eigenvalue weighted by Gasteiger charge is -2.07. The molecule has 7 nitrogen and oxygen atoms in total. The molecule has 2 heterocycles. The largest absolute Gasteiger partial charge is 0.454 e. The smallest absolute Gasteiger partial charge is 0.255 e. The minimum atomic E-state index is -0.268. The van der Waals surface area contributed by atoms with Crippen molar-refractivity contribution in [3.8, 4) is 11.5 Å². The second-order valence-electron chi connectivity index (χ2n) is 4.97. The number of amides is 2. The Morgan fingerprint density at radius 1 is 1.17 bits per heavy atom. The van der Waals surface area contributed by atoms with Gasteiger partial charge in [0.1, 0.15) is 0 Å². The Bertz CT molecular complexity index is 761. The maximum atomic E-state index is 12.3. The molecule has 0 saturated carbocycles. The van der Waals surface area contributed by atoms with Gasteiger partial charge in [-0.15, -0.1) is 0 Å². The normalized spacial score (nSPS) is 11.9. The van der Waals surface area contributed by atoms with Crippen molar-refractivity contribution in [2.75, 3.05) is 12.1 Å². The number of nitrogens with one attached hydrogen (secondary N) is 2. The number of nitrogens with zero attached hydrogens (tertiary/aromatic N) is 1. The highest BCUT2D eigenvalue weighted by molar-refractivity contribution is 6.04. The number of anilines is 1. The predicted molar refractivity (Wildman–Crippen MR) is 82.3 cm³/mol. The molecule has 1 aromatic carbocycles. The molecule has 7 heteroatoms. The van der Waals surface area contributed by atoms with Gasteiger partial charge in [-0.1, -0.05) is 0 Å². The van der Waals surface area contributed by atoms with Crippen molar-refractivity contribution in [1.82, 2.24) is 10.3 Å². The molecular formula is C16H15N3O4. The Balaban J connectivity index is 1.70. The quantitative estimate of drug-likeness (QED) is 0.896. The summed E-state index contributed by atoms with van der Waals surface area (Å²) in [6, 6.07) is 8.44. The van der Waals surface area contributed by atoms with Crippen molar-refractivity contribution < 1.29 is 19.1 Å². The maximum absolute atomic E-state index is 12.3. The predicted octanol–water partition coefficient (Wildman–Crippen LogP) is 1.70. The number of benzene rings is 1. The third-order valence-corrected chi connectivity index (χ3v) is 3.23. The number of fused-ring (bicyclic) bond motifs is 1. The van der Waals surface area contributed by atoms with Crippen LogP contribution in [0.15, 0.2) is 36.5 Å². The Morgan fingerprint density at radius 3 is 2.83 bits per heavy atom. The van der Waals surface area contributed by atoms with Gasteiger partial charge in [0.15, 0.2) is 11.5 Å². The fourth-order valence-corrected chi connectivity index (χ4v) is 2.11. The molecule has 3 rings (SSSR count). The van der Waals surface area contributed by atoms with E-state index in [0.717, 1.165) is 0 Å². The second-order valence-corrected chi connectivity index (χ2v) is 4.97. The van der Waals surface area contributed by atoms with E-state index in [1.54, 1.807) is 30.3 Å². The molecule has 23 heavy (non-hydrogen) atoms. The molecule has 1 aliphatic heterocycles. The van der Waals surface area contributed by atoms with Crippen LogP contribution in [0.25, 0.3) is 0 Å². The van der Waals surface area contributed by atoms with E-state index in [-0.39, 0.29) is 25.2 Å². The van der Waals surface area contributed by atoms with Crippen LogP contribution in [0.4, 0.5) is 5.69 Å². The summed E-state index contributed by atoms with van der Waals surface area (Å²) < 4.78 is 10.5. The SMILES string of the molecule is CC(=O)NCc1cc(C(=O)Nc2ccc3c(c2)OCO3)ccn1. The van der Waals surface area contributed by atoms with E-state index in [0.29, 0.717) is 28.4 Å². The average molecular weight is 313 g/mol. The number of carbonyl (C=O) groups is 2. The van der Waals surface area contributed by atoms with Crippen LogP contribution < -0.4 is 20.1 Å². The lowest BCUT2D eigenvalue weighted by Crippen LogP contribution is -2.20. The highest BCUT2D eigenvalue weighted by Gasteiger charge is 2.15. The number of ether oxygens (including phenoxy) is 2. The number of rotatable bonds is 4. The summed E-state index contributed by atoms with van der Waals surface area (Å²) in [4.78, 5) is 27.4. The third-order valence-electron chi connectivity index (χ3n) is 3.23. The van der Waals surface area contributed by atoms with Gasteiger partial charge in [0.2, 0.25) is 12.7 Å². The maximum Gasteiger partial charge on any atom is 0.255 e. The fourth-order valence-electron chi connectivity index (χ4n) is 2.11. The van der Waals surface area contributed by atoms with Gasteiger partial charge in [-0.25, -0.2) is 0 Å². The van der Waals surface area contributed by atoms with Crippen molar-refractivity contribution in [3.05, 3.63) is 47.8 Å². The Morgan fingerprint density at radius 2 is 2.00 bits per heavy atom. The lowest BCUT2D eigenvalue weighted by atomic mass is 10.2. The molecule has 0 saturated heterocycles. The summed E-state index contributed by atoms with van der Waals surface area (Å²) in [6.45, 7) is 1.89. The first-order valence-corrected chi connectivity index (χ1v) is 7.02. The second kappa shape index (κ2) is 6.35. The Kier molecular flexibility index (Phi) is 4.09. The van der Waals surface area contributed by atoms with Crippen molar-refractivity contribution in [2.24, 2.45) is 0 Å². The molecule has 118 valence electrons. The summed E-state index contributed by atoms with van der Waals surface area (Å²) in [5.41, 5.74) is 1.68. The fraction of sp³-hybridized carbons (Fsp3) is 0.188. The Hall–Kier alpha value is -3.09. The third kappa shape index (κ3) is 3.57. The van der Waals surface area contributed by atoms with Gasteiger partial charge in [-0.05, 0) is 24.3 Å². The van der Waals surface area contributed by atoms with Crippen molar-refractivity contribution in [1.29, 1.82) is 0 Å². The van der Waals surface area contributed by atoms with E-state index >= 15 is 0 Å². The lowest BCUT2D eigenvalue weighted by molar-refractivity contribution is -0.119. The van der Waals surface area contributed by atoms with Crippen LogP contribution in [-0.4, -0.2) is 23.6 Å². The molecule has 0 aliphatic carbocycles. The highest BCUT2D eigenvalue weighted by Crippen LogP contribution is 2.34. The summed E-state index contributed by atoms with van der Waals surface area (Å²) in [5.74, 6) is 0.839. The highest BCUT2D eigenvalue weighted by atomic mass is 16.7. The average Bonchev–Trinajstić information content (AvgIpc) is 3.01. The van der Waals surface area contributed by atoms with E-state index in [1.165, 1.54) is 13.1 Å². The molecule has 1 aliphatic rings. The summed E-state index contributed by atoms with van der Waals surface area (Å²) in [7, 11) is 0. The minimum absolute atomic E-state index is 0.151. The zero-order valence-electron chi connectivity index (χ0n) is 12.5. The summed E-state index contributed by atoms with van der Waals surface area (Å²) in [5, 5.41) is 5.43. The first-order valence-electron chi connectivity index (χ1n) is 7.02. The van der Waals surface area contributed by atoms with Gasteiger partial charge < -0.3 is 20.1 Å². The molecule has 2 aromatic rings. The van der Waals surface area contributed by atoms with Crippen LogP contribution in [-0.2, 0) is 11.3 Å². The van der Waals surface area contributed by atoms with Gasteiger partial charge >= 0.3 is 0 Å². The van der Waals surface area contributed by atoms with Crippen LogP contribution in [0, 0.1) is 0 Å². The molecule has 1 aromatic heterocycles. The number of hydrogen-bond acceptors (Lipinski definition) is 5. The van der Waals surface area contributed by atoms with Crippen LogP contribution >= 0.6 is 0 Å². The van der Waals surface area contributed by atoms with E-state index in [9.17, 15) is 9.59 Å². The number of carbonyl (C=O) groups excluding carboxylic acids is 2. The molecule has 0 unspecified atom stereocenters. The van der Waals surface area contributed by atoms with Crippen LogP contribution in [0.3, 0.4) is 0 Å². The van der Waals surface area contributed by atoms with Gasteiger partial charge in [-0.3, -0.25) is 14.6 Å². The van der Waals surface area contributed by atoms with E-state index in [1.807, 2.05) is 0 Å². The molecule has 0 atom stereocenters. The van der Waals surface area contributed by atoms with Crippen LogP contribution in [0.5, 0.6) is 11.5 Å². The van der Waals surface area contributed by atoms with E-state index < -0.39 is 0 Å². The van der Waals surface area contributed by atoms with Crippen molar-refractivity contribution in [2.45, 2.75) is 13.5 Å². The molecular weight excluding hydrogens is 298 g/mol. The van der Waals surface area contributed by atoms with E-state index in [2.05, 4.69) is 15.6 Å². The number of aromatic nitrogens is 1. The monoisotopic (exact) mass is 313 g/mol. The van der Waals surface area contributed by atoms with E-state index in [4.69, 9.17) is 9.47 Å². The zero-order chi connectivity index (χ0) is 16.2. The molecule has 0 radical (unpaired) electrons. The van der Waals surface area contributed by atoms with Gasteiger partial charge in [0.25, 0.3) is 5.91 Å². The van der Waals surface area contributed by atoms with Crippen molar-refractivity contribution in [3.63, 3.8) is 0 Å². The Labute approximate surface area is 132 Å². The first kappa shape index (κ1) is 14.8. The number of pyridine rings is 1. The summed E-state index contributed by atoms with van der Waals surface area (Å²) in [6.07, 6.45) is 1.53. The minimum Gasteiger partial charge on any atom is -0.454 e. The molecule has 0 fully saturated rings. The van der Waals surface area contributed by atoms with Crippen molar-refractivity contribution >= 4 is 17.5 Å². The van der Waals surface area contributed by atoms with Gasteiger partial charge in [0, 0.05) is 30.4 Å². The molecule has 2 amide bonds. The van der Waals surface area contributed by atoms with Crippen LogP contribution in [0.2, 0.25) is 0 Å². The van der Waals surface area contributed by atoms with Crippen LogP contribution in [0.1, 0.15) is 23.0 Å². The summed E-state index contributed by atoms with van der Waals surface area (Å²) >= 11 is 0. The zero-order valence-corrected chi connectivity index (χ0v) is 12.5. The standard InChI is InChI=1S/C16H15N3O4/c1-10(20)18-8-13-6-11(4-5-17-13)16(21)19-12-2-3-14-15(7-12)23-9-22-14/h2-7H,8-9H2,1H3,(H,18,20)(H,19,21). The van der Waals surface area contributed by atoms with Gasteiger partial charge in [0.05, 0.1) is 12.2 Å². The first-order chi connectivity index (χ1) is 11.1. The molecule has 0 spiro atoms. The molecule has 2 N–H and O–H groups in total. The number of hydrogen-bond donors (Lipinski definition) is 2. The molecule has 0 bridgehead atoms. The van der Waals surface area contributed by atoms with Gasteiger partial charge in [-0.2, -0.15) is 0 Å². The topological polar surface area (TPSA) is 89.6 Å².